The first-order valence-electron chi connectivity index (χ1n) is 3.36. The molecule has 3 heteroatoms. The normalized spacial score (nSPS) is 12.9. The number of hydrogen-bond acceptors (Lipinski definition) is 2. The average Bonchev–Trinajstić information content (AvgIpc) is 1.82. The van der Waals surface area contributed by atoms with Gasteiger partial charge in [-0.05, 0) is 6.42 Å². The maximum Gasteiger partial charge on any atom is 1.00 e. The maximum absolute atomic E-state index is 8.51. The molecule has 10 heavy (non-hydrogen) atoms. The maximum atomic E-state index is 8.51. The molecule has 0 heterocycles. The Hall–Kier alpha value is 0.517. The Labute approximate surface area is 74.8 Å². The van der Waals surface area contributed by atoms with Gasteiger partial charge in [0.2, 0.25) is 0 Å². The number of hydrogen-bond donors (Lipinski definition) is 2. The molecule has 0 aliphatic rings. The minimum absolute atomic E-state index is 0. The summed E-state index contributed by atoms with van der Waals surface area (Å²) in [5, 5.41) is 17.0. The van der Waals surface area contributed by atoms with Gasteiger partial charge in [-0.15, -0.1) is 0 Å². The SMILES string of the molecule is [CH2-]CC(CC)CC(O)O.[Li+]. The number of aliphatic hydroxyl groups excluding tert-OH is 1. The fourth-order valence-electron chi connectivity index (χ4n) is 0.787. The van der Waals surface area contributed by atoms with Gasteiger partial charge in [-0.2, -0.15) is 6.42 Å². The molecule has 0 bridgehead atoms. The van der Waals surface area contributed by atoms with E-state index in [9.17, 15) is 0 Å². The Balaban J connectivity index is 0. The second-order valence-corrected chi connectivity index (χ2v) is 2.28. The Morgan fingerprint density at radius 1 is 1.40 bits per heavy atom. The summed E-state index contributed by atoms with van der Waals surface area (Å²) in [7, 11) is 0. The van der Waals surface area contributed by atoms with Gasteiger partial charge in [0.1, 0.15) is 0 Å². The Morgan fingerprint density at radius 3 is 2.00 bits per heavy atom. The molecule has 1 atom stereocenters. The fourth-order valence-corrected chi connectivity index (χ4v) is 0.787. The summed E-state index contributed by atoms with van der Waals surface area (Å²) in [4.78, 5) is 0. The van der Waals surface area contributed by atoms with Gasteiger partial charge in [-0.3, -0.25) is 0 Å². The molecule has 0 saturated heterocycles. The van der Waals surface area contributed by atoms with Gasteiger partial charge in [-0.25, -0.2) is 0 Å². The molecule has 0 saturated carbocycles. The van der Waals surface area contributed by atoms with Crippen molar-refractivity contribution in [3.63, 3.8) is 0 Å². The van der Waals surface area contributed by atoms with Gasteiger partial charge < -0.3 is 17.1 Å². The molecule has 0 aromatic heterocycles. The van der Waals surface area contributed by atoms with E-state index >= 15 is 0 Å². The Bertz CT molecular complexity index is 62.6. The molecule has 0 aliphatic heterocycles. The minimum atomic E-state index is -1.16. The number of aliphatic hydroxyl groups is 2. The summed E-state index contributed by atoms with van der Waals surface area (Å²) in [6.07, 6.45) is 1.06. The van der Waals surface area contributed by atoms with Crippen LogP contribution in [0, 0.1) is 12.8 Å². The molecule has 0 amide bonds. The van der Waals surface area contributed by atoms with Gasteiger partial charge in [0.05, 0.1) is 0 Å². The van der Waals surface area contributed by atoms with Crippen molar-refractivity contribution in [3.8, 4) is 0 Å². The average molecular weight is 138 g/mol. The first-order valence-corrected chi connectivity index (χ1v) is 3.36. The van der Waals surface area contributed by atoms with Crippen LogP contribution in [-0.4, -0.2) is 16.5 Å². The summed E-state index contributed by atoms with van der Waals surface area (Å²) >= 11 is 0. The van der Waals surface area contributed by atoms with Crippen LogP contribution >= 0.6 is 0 Å². The van der Waals surface area contributed by atoms with Crippen LogP contribution in [0.15, 0.2) is 0 Å². The van der Waals surface area contributed by atoms with Crippen molar-refractivity contribution in [1.29, 1.82) is 0 Å². The summed E-state index contributed by atoms with van der Waals surface area (Å²) < 4.78 is 0. The molecule has 0 aliphatic carbocycles. The largest absolute Gasteiger partial charge is 1.00 e. The molecule has 0 rings (SSSR count). The first-order chi connectivity index (χ1) is 4.20. The third kappa shape index (κ3) is 6.63. The van der Waals surface area contributed by atoms with Crippen LogP contribution < -0.4 is 18.9 Å². The van der Waals surface area contributed by atoms with E-state index in [4.69, 9.17) is 10.2 Å². The van der Waals surface area contributed by atoms with Crippen molar-refractivity contribution in [2.75, 3.05) is 0 Å². The summed E-state index contributed by atoms with van der Waals surface area (Å²) in [5.41, 5.74) is 0. The Morgan fingerprint density at radius 2 is 1.90 bits per heavy atom. The molecule has 0 aromatic carbocycles. The molecule has 56 valence electrons. The minimum Gasteiger partial charge on any atom is -0.368 e. The topological polar surface area (TPSA) is 40.5 Å². The van der Waals surface area contributed by atoms with Gasteiger partial charge in [0, 0.05) is 0 Å². The monoisotopic (exact) mass is 138 g/mol. The standard InChI is InChI=1S/C7H15O2.Li/c1-3-6(4-2)5-7(8)9;/h6-9H,1,3-5H2,2H3;/q-1;+1. The van der Waals surface area contributed by atoms with Gasteiger partial charge in [0.25, 0.3) is 0 Å². The molecule has 0 aromatic rings. The predicted octanol–water partition coefficient (Wildman–Crippen LogP) is -2.06. The Kier molecular flexibility index (Phi) is 10.0. The summed E-state index contributed by atoms with van der Waals surface area (Å²) in [5.74, 6) is 0.366. The van der Waals surface area contributed by atoms with Crippen LogP contribution in [0.2, 0.25) is 0 Å². The first kappa shape index (κ1) is 13.1. The zero-order valence-corrected chi connectivity index (χ0v) is 6.88. The fraction of sp³-hybridized carbons (Fsp3) is 0.857. The van der Waals surface area contributed by atoms with Gasteiger partial charge in [-0.1, -0.05) is 19.3 Å². The predicted molar refractivity (Wildman–Crippen MR) is 36.6 cm³/mol. The molecule has 2 nitrogen and oxygen atoms in total. The van der Waals surface area contributed by atoms with Crippen LogP contribution in [0.1, 0.15) is 26.2 Å². The van der Waals surface area contributed by atoms with Gasteiger partial charge in [0.15, 0.2) is 6.29 Å². The molecule has 0 fully saturated rings. The second kappa shape index (κ2) is 7.62. The molecule has 0 radical (unpaired) electrons. The van der Waals surface area contributed by atoms with E-state index in [0.29, 0.717) is 12.3 Å². The van der Waals surface area contributed by atoms with Crippen LogP contribution in [0.5, 0.6) is 0 Å². The van der Waals surface area contributed by atoms with E-state index in [1.54, 1.807) is 0 Å². The van der Waals surface area contributed by atoms with E-state index in [1.807, 2.05) is 6.92 Å². The molecule has 2 N–H and O–H groups in total. The van der Waals surface area contributed by atoms with E-state index < -0.39 is 6.29 Å². The van der Waals surface area contributed by atoms with E-state index in [0.717, 1.165) is 12.8 Å². The van der Waals surface area contributed by atoms with Crippen LogP contribution in [0.4, 0.5) is 0 Å². The summed E-state index contributed by atoms with van der Waals surface area (Å²) in [6.45, 7) is 5.71. The van der Waals surface area contributed by atoms with E-state index in [-0.39, 0.29) is 18.9 Å². The van der Waals surface area contributed by atoms with Crippen molar-refractivity contribution in [2.45, 2.75) is 32.5 Å². The van der Waals surface area contributed by atoms with E-state index in [2.05, 4.69) is 6.92 Å². The van der Waals surface area contributed by atoms with Crippen LogP contribution in [-0.2, 0) is 0 Å². The van der Waals surface area contributed by atoms with Crippen molar-refractivity contribution in [2.24, 2.45) is 5.92 Å². The quantitative estimate of drug-likeness (QED) is 0.266. The van der Waals surface area contributed by atoms with Crippen molar-refractivity contribution in [3.05, 3.63) is 6.92 Å². The third-order valence-electron chi connectivity index (χ3n) is 1.53. The molecule has 1 unspecified atom stereocenters. The van der Waals surface area contributed by atoms with Crippen molar-refractivity contribution in [1.82, 2.24) is 0 Å². The number of rotatable bonds is 4. The molecular weight excluding hydrogens is 123 g/mol. The summed E-state index contributed by atoms with van der Waals surface area (Å²) in [6, 6.07) is 0. The molecular formula is C7H15LiO2. The molecule has 0 spiro atoms. The van der Waals surface area contributed by atoms with Crippen LogP contribution in [0.25, 0.3) is 0 Å². The van der Waals surface area contributed by atoms with Crippen molar-refractivity contribution < 1.29 is 29.1 Å². The van der Waals surface area contributed by atoms with E-state index in [1.165, 1.54) is 0 Å². The second-order valence-electron chi connectivity index (χ2n) is 2.28. The van der Waals surface area contributed by atoms with Crippen molar-refractivity contribution >= 4 is 0 Å². The zero-order chi connectivity index (χ0) is 7.28. The van der Waals surface area contributed by atoms with Gasteiger partial charge >= 0.3 is 18.9 Å². The van der Waals surface area contributed by atoms with Crippen LogP contribution in [0.3, 0.4) is 0 Å². The zero-order valence-electron chi connectivity index (χ0n) is 6.88. The third-order valence-corrected chi connectivity index (χ3v) is 1.53. The smallest absolute Gasteiger partial charge is 0.368 e.